The monoisotopic (exact) mass is 494 g/mol. The molecule has 0 aliphatic carbocycles. The highest BCUT2D eigenvalue weighted by molar-refractivity contribution is 7.89. The van der Waals surface area contributed by atoms with Crippen LogP contribution in [0.5, 0.6) is 5.75 Å². The molecule has 0 radical (unpaired) electrons. The highest BCUT2D eigenvalue weighted by Crippen LogP contribution is 2.28. The van der Waals surface area contributed by atoms with Gasteiger partial charge in [-0.15, -0.1) is 0 Å². The molecular formula is C26H30N4O4S. The Hall–Kier alpha value is -2.93. The molecule has 2 saturated heterocycles. The van der Waals surface area contributed by atoms with Gasteiger partial charge in [0.2, 0.25) is 15.9 Å². The summed E-state index contributed by atoms with van der Waals surface area (Å²) in [5.74, 6) is 1.01. The highest BCUT2D eigenvalue weighted by atomic mass is 32.2. The van der Waals surface area contributed by atoms with E-state index in [1.165, 1.54) is 39.7 Å². The molecule has 2 aromatic rings. The predicted octanol–water partition coefficient (Wildman–Crippen LogP) is 2.24. The van der Waals surface area contributed by atoms with Crippen molar-refractivity contribution in [2.45, 2.75) is 30.7 Å². The Bertz CT molecular complexity index is 1220. The van der Waals surface area contributed by atoms with Crippen LogP contribution < -0.4 is 4.74 Å². The van der Waals surface area contributed by atoms with Crippen molar-refractivity contribution in [2.24, 2.45) is 5.92 Å². The number of carbonyl (C=O) groups is 1. The van der Waals surface area contributed by atoms with Crippen molar-refractivity contribution >= 4 is 15.9 Å². The van der Waals surface area contributed by atoms with Gasteiger partial charge in [0, 0.05) is 58.2 Å². The standard InChI is InChI=1S/C26H30N4O4S/c27-18-20-1-4-24(5-2-20)35(32,33)30-10-7-22(8-11-30)26(31)29-14-12-28(13-15-29)19-21-3-6-25-23(17-21)9-16-34-25/h1-6,17,22H,7-16,19H2. The third-order valence-electron chi connectivity index (χ3n) is 7.27. The summed E-state index contributed by atoms with van der Waals surface area (Å²) in [6.07, 6.45) is 2.04. The highest BCUT2D eigenvalue weighted by Gasteiger charge is 2.34. The molecular weight excluding hydrogens is 464 g/mol. The summed E-state index contributed by atoms with van der Waals surface area (Å²) in [4.78, 5) is 17.7. The second-order valence-corrected chi connectivity index (χ2v) is 11.4. The molecule has 0 saturated carbocycles. The van der Waals surface area contributed by atoms with E-state index in [0.29, 0.717) is 44.6 Å². The minimum Gasteiger partial charge on any atom is -0.493 e. The van der Waals surface area contributed by atoms with Crippen molar-refractivity contribution in [2.75, 3.05) is 45.9 Å². The van der Waals surface area contributed by atoms with E-state index in [9.17, 15) is 13.2 Å². The van der Waals surface area contributed by atoms with Gasteiger partial charge in [-0.3, -0.25) is 9.69 Å². The maximum absolute atomic E-state index is 13.1. The fourth-order valence-corrected chi connectivity index (χ4v) is 6.64. The van der Waals surface area contributed by atoms with Gasteiger partial charge >= 0.3 is 0 Å². The van der Waals surface area contributed by atoms with E-state index >= 15 is 0 Å². The molecule has 8 nitrogen and oxygen atoms in total. The molecule has 3 aliphatic heterocycles. The number of nitriles is 1. The van der Waals surface area contributed by atoms with Gasteiger partial charge in [0.05, 0.1) is 23.1 Å². The van der Waals surface area contributed by atoms with Gasteiger partial charge in [0.1, 0.15) is 5.75 Å². The van der Waals surface area contributed by atoms with Crippen LogP contribution in [-0.4, -0.2) is 74.3 Å². The number of rotatable bonds is 5. The number of nitrogens with zero attached hydrogens (tertiary/aromatic N) is 4. The molecule has 0 spiro atoms. The summed E-state index contributed by atoms with van der Waals surface area (Å²) < 4.78 is 32.9. The lowest BCUT2D eigenvalue weighted by molar-refractivity contribution is -0.138. The average molecular weight is 495 g/mol. The number of amides is 1. The van der Waals surface area contributed by atoms with Crippen LogP contribution >= 0.6 is 0 Å². The number of ether oxygens (including phenoxy) is 1. The minimum atomic E-state index is -3.62. The van der Waals surface area contributed by atoms with Crippen molar-refractivity contribution in [3.8, 4) is 11.8 Å². The first-order valence-corrected chi connectivity index (χ1v) is 13.6. The van der Waals surface area contributed by atoms with Gasteiger partial charge in [-0.1, -0.05) is 12.1 Å². The topological polar surface area (TPSA) is 94.0 Å². The zero-order chi connectivity index (χ0) is 24.4. The number of sulfonamides is 1. The van der Waals surface area contributed by atoms with Crippen LogP contribution in [0.25, 0.3) is 0 Å². The Morgan fingerprint density at radius 2 is 1.71 bits per heavy atom. The third kappa shape index (κ3) is 5.06. The van der Waals surface area contributed by atoms with Crippen LogP contribution in [0, 0.1) is 17.2 Å². The second-order valence-electron chi connectivity index (χ2n) is 9.46. The van der Waals surface area contributed by atoms with Gasteiger partial charge in [-0.25, -0.2) is 8.42 Å². The molecule has 0 atom stereocenters. The minimum absolute atomic E-state index is 0.134. The fourth-order valence-electron chi connectivity index (χ4n) is 5.17. The van der Waals surface area contributed by atoms with E-state index in [0.717, 1.165) is 38.4 Å². The molecule has 1 amide bonds. The lowest BCUT2D eigenvalue weighted by atomic mass is 9.96. The van der Waals surface area contributed by atoms with Gasteiger partial charge in [0.15, 0.2) is 0 Å². The summed E-state index contributed by atoms with van der Waals surface area (Å²) in [5, 5.41) is 8.93. The van der Waals surface area contributed by atoms with Gasteiger partial charge in [-0.05, 0) is 54.3 Å². The molecule has 0 aromatic heterocycles. The van der Waals surface area contributed by atoms with E-state index in [4.69, 9.17) is 10.00 Å². The molecule has 2 fully saturated rings. The van der Waals surface area contributed by atoms with Crippen molar-refractivity contribution < 1.29 is 17.9 Å². The summed E-state index contributed by atoms with van der Waals surface area (Å²) in [6.45, 7) is 5.39. The van der Waals surface area contributed by atoms with Crippen LogP contribution in [0.2, 0.25) is 0 Å². The molecule has 0 N–H and O–H groups in total. The van der Waals surface area contributed by atoms with E-state index in [-0.39, 0.29) is 16.7 Å². The van der Waals surface area contributed by atoms with Crippen LogP contribution in [-0.2, 0) is 27.8 Å². The second kappa shape index (κ2) is 9.97. The lowest BCUT2D eigenvalue weighted by Gasteiger charge is -2.38. The predicted molar refractivity (Wildman–Crippen MR) is 130 cm³/mol. The molecule has 0 bridgehead atoms. The third-order valence-corrected chi connectivity index (χ3v) is 9.18. The van der Waals surface area contributed by atoms with Crippen LogP contribution in [0.4, 0.5) is 0 Å². The summed E-state index contributed by atoms with van der Waals surface area (Å²) in [5.41, 5.74) is 2.99. The van der Waals surface area contributed by atoms with Gasteiger partial charge in [0.25, 0.3) is 0 Å². The Labute approximate surface area is 206 Å². The number of hydrogen-bond donors (Lipinski definition) is 0. The molecule has 2 aromatic carbocycles. The number of fused-ring (bicyclic) bond motifs is 1. The number of benzene rings is 2. The zero-order valence-electron chi connectivity index (χ0n) is 19.7. The summed E-state index contributed by atoms with van der Waals surface area (Å²) in [6, 6.07) is 14.4. The number of carbonyl (C=O) groups excluding carboxylic acids is 1. The normalized spacial score (nSPS) is 19.7. The van der Waals surface area contributed by atoms with Crippen LogP contribution in [0.1, 0.15) is 29.5 Å². The summed E-state index contributed by atoms with van der Waals surface area (Å²) in [7, 11) is -3.62. The maximum atomic E-state index is 13.1. The van der Waals surface area contributed by atoms with Crippen molar-refractivity contribution in [3.05, 3.63) is 59.2 Å². The number of hydrogen-bond acceptors (Lipinski definition) is 6. The van der Waals surface area contributed by atoms with Crippen LogP contribution in [0.3, 0.4) is 0 Å². The molecule has 3 aliphatic rings. The average Bonchev–Trinajstić information content (AvgIpc) is 3.37. The Morgan fingerprint density at radius 1 is 1.00 bits per heavy atom. The fraction of sp³-hybridized carbons (Fsp3) is 0.462. The molecule has 184 valence electrons. The van der Waals surface area contributed by atoms with Crippen LogP contribution in [0.15, 0.2) is 47.4 Å². The Kier molecular flexibility index (Phi) is 6.78. The smallest absolute Gasteiger partial charge is 0.243 e. The molecule has 35 heavy (non-hydrogen) atoms. The van der Waals surface area contributed by atoms with Crippen molar-refractivity contribution in [1.29, 1.82) is 5.26 Å². The molecule has 0 unspecified atom stereocenters. The maximum Gasteiger partial charge on any atom is 0.243 e. The molecule has 3 heterocycles. The SMILES string of the molecule is N#Cc1ccc(S(=O)(=O)N2CCC(C(=O)N3CCN(Cc4ccc5c(c4)CCO5)CC3)CC2)cc1. The van der Waals surface area contributed by atoms with Gasteiger partial charge < -0.3 is 9.64 Å². The molecule has 5 rings (SSSR count). The summed E-state index contributed by atoms with van der Waals surface area (Å²) >= 11 is 0. The first kappa shape index (κ1) is 23.8. The first-order valence-electron chi connectivity index (χ1n) is 12.2. The van der Waals surface area contributed by atoms with E-state index in [1.807, 2.05) is 11.0 Å². The quantitative estimate of drug-likeness (QED) is 0.633. The Balaban J connectivity index is 1.11. The zero-order valence-corrected chi connectivity index (χ0v) is 20.5. The first-order chi connectivity index (χ1) is 16.9. The van der Waals surface area contributed by atoms with E-state index < -0.39 is 10.0 Å². The number of piperazine rings is 1. The van der Waals surface area contributed by atoms with E-state index in [1.54, 1.807) is 0 Å². The largest absolute Gasteiger partial charge is 0.493 e. The molecule has 9 heteroatoms. The Morgan fingerprint density at radius 3 is 2.40 bits per heavy atom. The van der Waals surface area contributed by atoms with Crippen molar-refractivity contribution in [1.82, 2.24) is 14.1 Å². The van der Waals surface area contributed by atoms with Crippen molar-refractivity contribution in [3.63, 3.8) is 0 Å². The lowest BCUT2D eigenvalue weighted by Crippen LogP contribution is -2.51. The van der Waals surface area contributed by atoms with E-state index in [2.05, 4.69) is 23.1 Å². The number of piperidine rings is 1. The van der Waals surface area contributed by atoms with Gasteiger partial charge in [-0.2, -0.15) is 9.57 Å².